The van der Waals surface area contributed by atoms with Crippen LogP contribution in [0, 0.1) is 0 Å². The number of carboxylic acid groups (broad SMARTS) is 1. The molecule has 0 aliphatic carbocycles. The number of imide groups is 4. The molecule has 4 heterocycles. The number of hydrogen-bond acceptors (Lipinski definition) is 14. The number of nitrogens with zero attached hydrogens (tertiary/aromatic N) is 5. The number of rotatable bonds is 27. The van der Waals surface area contributed by atoms with Gasteiger partial charge in [0.2, 0.25) is 17.7 Å². The van der Waals surface area contributed by atoms with Gasteiger partial charge in [0, 0.05) is 94.0 Å². The molecule has 2 atom stereocenters. The van der Waals surface area contributed by atoms with Crippen molar-refractivity contribution in [3.05, 3.63) is 48.6 Å². The SMILES string of the molecule is O=C(O)CCC(=O)N(CCOCCNC(=O)CCC(CN1C(=O)C=CC1=O)N1C(=O)C=CC1=O)CCOCCNC(=O)CCC(CN1C(=O)C=CC1=O)N1C(=O)C=CC1=O. The second-order valence-electron chi connectivity index (χ2n) is 13.6. The van der Waals surface area contributed by atoms with Gasteiger partial charge in [0.1, 0.15) is 0 Å². The van der Waals surface area contributed by atoms with E-state index in [2.05, 4.69) is 10.6 Å². The van der Waals surface area contributed by atoms with Crippen LogP contribution in [-0.4, -0.2) is 178 Å². The van der Waals surface area contributed by atoms with Gasteiger partial charge in [0.25, 0.3) is 47.3 Å². The Labute approximate surface area is 342 Å². The normalized spacial score (nSPS) is 16.9. The van der Waals surface area contributed by atoms with Gasteiger partial charge in [-0.2, -0.15) is 0 Å². The molecule has 0 aromatic heterocycles. The van der Waals surface area contributed by atoms with E-state index in [1.54, 1.807) is 0 Å². The van der Waals surface area contributed by atoms with Crippen molar-refractivity contribution in [3.63, 3.8) is 0 Å². The summed E-state index contributed by atoms with van der Waals surface area (Å²) in [4.78, 5) is 151. The molecule has 4 aliphatic rings. The molecule has 22 heteroatoms. The molecule has 60 heavy (non-hydrogen) atoms. The first-order valence-electron chi connectivity index (χ1n) is 19.0. The lowest BCUT2D eigenvalue weighted by molar-refractivity contribution is -0.145. The van der Waals surface area contributed by atoms with E-state index in [-0.39, 0.29) is 97.8 Å². The quantitative estimate of drug-likeness (QED) is 0.0547. The van der Waals surface area contributed by atoms with Crippen molar-refractivity contribution in [3.8, 4) is 0 Å². The zero-order valence-corrected chi connectivity index (χ0v) is 32.5. The number of amides is 11. The van der Waals surface area contributed by atoms with E-state index in [1.807, 2.05) is 0 Å². The molecule has 4 rings (SSSR count). The van der Waals surface area contributed by atoms with Gasteiger partial charge in [-0.25, -0.2) is 0 Å². The highest BCUT2D eigenvalue weighted by Gasteiger charge is 2.37. The highest BCUT2D eigenvalue weighted by molar-refractivity contribution is 6.15. The topological polar surface area (TPSA) is 284 Å². The molecule has 0 saturated carbocycles. The zero-order valence-electron chi connectivity index (χ0n) is 32.5. The van der Waals surface area contributed by atoms with E-state index < -0.39 is 89.5 Å². The average molecular weight is 840 g/mol. The lowest BCUT2D eigenvalue weighted by Crippen LogP contribution is -2.49. The molecule has 0 saturated heterocycles. The largest absolute Gasteiger partial charge is 0.481 e. The second-order valence-corrected chi connectivity index (χ2v) is 13.6. The maximum Gasteiger partial charge on any atom is 0.303 e. The van der Waals surface area contributed by atoms with Gasteiger partial charge < -0.3 is 30.1 Å². The lowest BCUT2D eigenvalue weighted by atomic mass is 10.1. The molecule has 3 N–H and O–H groups in total. The fraction of sp³-hybridized carbons (Fsp3) is 0.474. The number of carbonyl (C=O) groups is 12. The van der Waals surface area contributed by atoms with Crippen molar-refractivity contribution in [1.82, 2.24) is 35.1 Å². The van der Waals surface area contributed by atoms with Crippen LogP contribution in [0.1, 0.15) is 38.5 Å². The number of carboxylic acids is 1. The smallest absolute Gasteiger partial charge is 0.303 e. The van der Waals surface area contributed by atoms with Crippen LogP contribution in [0.2, 0.25) is 0 Å². The maximum atomic E-state index is 12.7. The summed E-state index contributed by atoms with van der Waals surface area (Å²) in [6.07, 6.45) is 7.52. The minimum atomic E-state index is -1.16. The standard InChI is InChI=1S/C38H45N7O15/c46-27(3-1-25(44-34(53)9-10-35(44)54)23-42-30(49)5-6-31(42)50)39-15-19-59-21-17-41(29(48)13-14-38(57)58)18-22-60-20-16-40-28(47)4-2-26(45-36(55)11-12-37(45)56)24-43-32(51)7-8-33(43)52/h5-12,25-26H,1-4,13-24H2,(H,39,46)(H,40,47)(H,57,58). The number of nitrogens with one attached hydrogen (secondary N) is 2. The van der Waals surface area contributed by atoms with Crippen LogP contribution in [0.5, 0.6) is 0 Å². The summed E-state index contributed by atoms with van der Waals surface area (Å²) in [7, 11) is 0. The third-order valence-corrected chi connectivity index (χ3v) is 9.47. The van der Waals surface area contributed by atoms with Crippen LogP contribution in [0.3, 0.4) is 0 Å². The Morgan fingerprint density at radius 3 is 1.22 bits per heavy atom. The fourth-order valence-corrected chi connectivity index (χ4v) is 6.38. The van der Waals surface area contributed by atoms with Crippen LogP contribution < -0.4 is 10.6 Å². The second kappa shape index (κ2) is 22.5. The van der Waals surface area contributed by atoms with Crippen molar-refractivity contribution in [1.29, 1.82) is 0 Å². The molecule has 4 aliphatic heterocycles. The van der Waals surface area contributed by atoms with Gasteiger partial charge >= 0.3 is 5.97 Å². The van der Waals surface area contributed by atoms with Gasteiger partial charge in [-0.05, 0) is 12.8 Å². The average Bonchev–Trinajstić information content (AvgIpc) is 3.93. The van der Waals surface area contributed by atoms with Crippen molar-refractivity contribution >= 4 is 70.9 Å². The highest BCUT2D eigenvalue weighted by Crippen LogP contribution is 2.19. The van der Waals surface area contributed by atoms with Gasteiger partial charge in [0.15, 0.2) is 0 Å². The van der Waals surface area contributed by atoms with E-state index in [1.165, 1.54) is 4.90 Å². The molecule has 0 fully saturated rings. The Morgan fingerprint density at radius 1 is 0.517 bits per heavy atom. The third-order valence-electron chi connectivity index (χ3n) is 9.47. The van der Waals surface area contributed by atoms with E-state index in [0.29, 0.717) is 0 Å². The molecule has 2 unspecified atom stereocenters. The molecule has 0 bridgehead atoms. The Balaban J connectivity index is 1.13. The Morgan fingerprint density at radius 2 is 0.867 bits per heavy atom. The molecule has 11 amide bonds. The van der Waals surface area contributed by atoms with Crippen molar-refractivity contribution in [2.45, 2.75) is 50.6 Å². The molecule has 322 valence electrons. The number of carbonyl (C=O) groups excluding carboxylic acids is 11. The van der Waals surface area contributed by atoms with Gasteiger partial charge in [0.05, 0.1) is 58.0 Å². The zero-order chi connectivity index (χ0) is 43.8. The molecule has 0 spiro atoms. The van der Waals surface area contributed by atoms with Gasteiger partial charge in [-0.15, -0.1) is 0 Å². The summed E-state index contributed by atoms with van der Waals surface area (Å²) in [6, 6.07) is -1.86. The summed E-state index contributed by atoms with van der Waals surface area (Å²) in [6.45, 7) is -0.194. The van der Waals surface area contributed by atoms with Crippen LogP contribution in [-0.2, 0) is 67.0 Å². The summed E-state index contributed by atoms with van der Waals surface area (Å²) < 4.78 is 11.1. The summed E-state index contributed by atoms with van der Waals surface area (Å²) >= 11 is 0. The maximum absolute atomic E-state index is 12.7. The molecule has 0 radical (unpaired) electrons. The Hall–Kier alpha value is -6.68. The number of hydrogen-bond donors (Lipinski definition) is 3. The van der Waals surface area contributed by atoms with Gasteiger partial charge in [-0.1, -0.05) is 0 Å². The highest BCUT2D eigenvalue weighted by atomic mass is 16.5. The predicted octanol–water partition coefficient (Wildman–Crippen LogP) is -3.06. The van der Waals surface area contributed by atoms with E-state index in [9.17, 15) is 57.5 Å². The van der Waals surface area contributed by atoms with E-state index >= 15 is 0 Å². The fourth-order valence-electron chi connectivity index (χ4n) is 6.38. The van der Waals surface area contributed by atoms with Crippen molar-refractivity contribution < 1.29 is 72.1 Å². The van der Waals surface area contributed by atoms with Crippen LogP contribution in [0.15, 0.2) is 48.6 Å². The lowest BCUT2D eigenvalue weighted by Gasteiger charge is -2.29. The summed E-state index contributed by atoms with van der Waals surface area (Å²) in [5, 5.41) is 14.3. The molecule has 0 aromatic carbocycles. The van der Waals surface area contributed by atoms with Crippen LogP contribution in [0.4, 0.5) is 0 Å². The Kier molecular flexibility index (Phi) is 17.2. The first kappa shape index (κ1) is 46.0. The predicted molar refractivity (Wildman–Crippen MR) is 201 cm³/mol. The van der Waals surface area contributed by atoms with Crippen LogP contribution in [0.25, 0.3) is 0 Å². The third kappa shape index (κ3) is 13.4. The first-order valence-corrected chi connectivity index (χ1v) is 19.0. The number of ether oxygens (including phenoxy) is 2. The minimum absolute atomic E-state index is 0.0210. The molecule has 0 aromatic rings. The summed E-state index contributed by atoms with van der Waals surface area (Å²) in [5.41, 5.74) is 0. The van der Waals surface area contributed by atoms with E-state index in [4.69, 9.17) is 14.6 Å². The molecular weight excluding hydrogens is 794 g/mol. The molecule has 22 nitrogen and oxygen atoms in total. The van der Waals surface area contributed by atoms with Crippen molar-refractivity contribution in [2.75, 3.05) is 65.7 Å². The van der Waals surface area contributed by atoms with Crippen molar-refractivity contribution in [2.24, 2.45) is 0 Å². The molecular formula is C38H45N7O15. The number of aliphatic carboxylic acids is 1. The van der Waals surface area contributed by atoms with Crippen LogP contribution >= 0.6 is 0 Å². The van der Waals surface area contributed by atoms with E-state index in [0.717, 1.165) is 68.2 Å². The minimum Gasteiger partial charge on any atom is -0.481 e. The first-order chi connectivity index (χ1) is 28.7. The monoisotopic (exact) mass is 839 g/mol. The van der Waals surface area contributed by atoms with Gasteiger partial charge in [-0.3, -0.25) is 77.1 Å². The summed E-state index contributed by atoms with van der Waals surface area (Å²) in [5.74, 6) is -7.42. The Bertz CT molecular complexity index is 1700.